The molecular formula is C28H30N6O2. The SMILES string of the molecule is COc1cccc2c(C)cc(N3CCN(C(=O)c4ccc(Nc5nc(C)cc(C)n5)cc4)CC3)nc12. The molecule has 8 heteroatoms. The number of fused-ring (bicyclic) bond motifs is 1. The van der Waals surface area contributed by atoms with E-state index >= 15 is 0 Å². The maximum Gasteiger partial charge on any atom is 0.253 e. The van der Waals surface area contributed by atoms with E-state index in [0.717, 1.165) is 58.2 Å². The molecule has 1 aliphatic rings. The number of aryl methyl sites for hydroxylation is 3. The fraction of sp³-hybridized carbons (Fsp3) is 0.286. The van der Waals surface area contributed by atoms with Crippen molar-refractivity contribution >= 4 is 34.3 Å². The molecule has 4 aromatic rings. The second kappa shape index (κ2) is 9.81. The zero-order valence-electron chi connectivity index (χ0n) is 21.1. The number of rotatable bonds is 5. The second-order valence-electron chi connectivity index (χ2n) is 9.11. The number of methoxy groups -OCH3 is 1. The first kappa shape index (κ1) is 23.5. The molecule has 3 heterocycles. The first-order chi connectivity index (χ1) is 17.4. The van der Waals surface area contributed by atoms with Crippen molar-refractivity contribution in [3.63, 3.8) is 0 Å². The average molecular weight is 483 g/mol. The van der Waals surface area contributed by atoms with Gasteiger partial charge in [0.2, 0.25) is 5.95 Å². The summed E-state index contributed by atoms with van der Waals surface area (Å²) in [5, 5.41) is 4.30. The Labute approximate surface area is 211 Å². The van der Waals surface area contributed by atoms with Gasteiger partial charge >= 0.3 is 0 Å². The quantitative estimate of drug-likeness (QED) is 0.443. The lowest BCUT2D eigenvalue weighted by atomic mass is 10.1. The number of amides is 1. The van der Waals surface area contributed by atoms with Crippen molar-refractivity contribution in [3.8, 4) is 5.75 Å². The van der Waals surface area contributed by atoms with Crippen molar-refractivity contribution in [2.75, 3.05) is 43.5 Å². The number of carbonyl (C=O) groups is 1. The smallest absolute Gasteiger partial charge is 0.253 e. The van der Waals surface area contributed by atoms with Crippen molar-refractivity contribution in [2.24, 2.45) is 0 Å². The number of nitrogens with one attached hydrogen (secondary N) is 1. The van der Waals surface area contributed by atoms with Gasteiger partial charge < -0.3 is 19.9 Å². The van der Waals surface area contributed by atoms with Gasteiger partial charge in [0, 0.05) is 54.2 Å². The number of pyridine rings is 1. The Bertz CT molecular complexity index is 1390. The van der Waals surface area contributed by atoms with Crippen molar-refractivity contribution in [1.29, 1.82) is 0 Å². The Morgan fingerprint density at radius 2 is 1.58 bits per heavy atom. The Hall–Kier alpha value is -4.20. The van der Waals surface area contributed by atoms with E-state index in [1.807, 2.05) is 61.2 Å². The molecule has 0 aliphatic carbocycles. The number of benzene rings is 2. The molecule has 36 heavy (non-hydrogen) atoms. The minimum absolute atomic E-state index is 0.0353. The van der Waals surface area contributed by atoms with Crippen LogP contribution in [0.25, 0.3) is 10.9 Å². The number of hydrogen-bond donors (Lipinski definition) is 1. The summed E-state index contributed by atoms with van der Waals surface area (Å²) in [5.41, 5.74) is 5.35. The highest BCUT2D eigenvalue weighted by molar-refractivity contribution is 5.95. The number of piperazine rings is 1. The summed E-state index contributed by atoms with van der Waals surface area (Å²) in [6.45, 7) is 8.70. The fourth-order valence-electron chi connectivity index (χ4n) is 4.63. The number of nitrogens with zero attached hydrogens (tertiary/aromatic N) is 5. The molecule has 0 saturated carbocycles. The highest BCUT2D eigenvalue weighted by Crippen LogP contribution is 2.29. The Kier molecular flexibility index (Phi) is 6.41. The molecule has 1 N–H and O–H groups in total. The molecule has 1 saturated heterocycles. The monoisotopic (exact) mass is 482 g/mol. The second-order valence-corrected chi connectivity index (χ2v) is 9.11. The van der Waals surface area contributed by atoms with E-state index in [-0.39, 0.29) is 5.91 Å². The number of aromatic nitrogens is 3. The average Bonchev–Trinajstić information content (AvgIpc) is 2.88. The Morgan fingerprint density at radius 3 is 2.25 bits per heavy atom. The Balaban J connectivity index is 1.24. The topological polar surface area (TPSA) is 83.5 Å². The number of carbonyl (C=O) groups excluding carboxylic acids is 1. The third-order valence-corrected chi connectivity index (χ3v) is 6.48. The molecule has 2 aromatic heterocycles. The van der Waals surface area contributed by atoms with Crippen molar-refractivity contribution in [3.05, 3.63) is 77.1 Å². The molecule has 5 rings (SSSR count). The lowest BCUT2D eigenvalue weighted by Gasteiger charge is -2.35. The number of hydrogen-bond acceptors (Lipinski definition) is 7. The van der Waals surface area contributed by atoms with Gasteiger partial charge in [-0.3, -0.25) is 4.79 Å². The molecular weight excluding hydrogens is 452 g/mol. The lowest BCUT2D eigenvalue weighted by Crippen LogP contribution is -2.49. The van der Waals surface area contributed by atoms with Gasteiger partial charge in [0.15, 0.2) is 0 Å². The van der Waals surface area contributed by atoms with Crippen LogP contribution in [0.2, 0.25) is 0 Å². The van der Waals surface area contributed by atoms with Gasteiger partial charge in [0.1, 0.15) is 17.1 Å². The van der Waals surface area contributed by atoms with Crippen LogP contribution in [0.3, 0.4) is 0 Å². The van der Waals surface area contributed by atoms with E-state index in [1.165, 1.54) is 0 Å². The maximum absolute atomic E-state index is 13.1. The molecule has 1 aliphatic heterocycles. The zero-order chi connectivity index (χ0) is 25.2. The number of anilines is 3. The van der Waals surface area contributed by atoms with Crippen LogP contribution in [0.4, 0.5) is 17.5 Å². The fourth-order valence-corrected chi connectivity index (χ4v) is 4.63. The van der Waals surface area contributed by atoms with Crippen LogP contribution in [-0.4, -0.2) is 59.0 Å². The summed E-state index contributed by atoms with van der Waals surface area (Å²) in [5.74, 6) is 2.28. The Morgan fingerprint density at radius 1 is 0.889 bits per heavy atom. The van der Waals surface area contributed by atoms with E-state index in [0.29, 0.717) is 24.6 Å². The van der Waals surface area contributed by atoms with Gasteiger partial charge in [0.25, 0.3) is 5.91 Å². The molecule has 0 radical (unpaired) electrons. The van der Waals surface area contributed by atoms with Crippen LogP contribution >= 0.6 is 0 Å². The minimum Gasteiger partial charge on any atom is -0.494 e. The molecule has 184 valence electrons. The zero-order valence-corrected chi connectivity index (χ0v) is 21.1. The molecule has 1 fully saturated rings. The standard InChI is InChI=1S/C28H30N6O2/c1-18-16-25(32-26-23(18)6-5-7-24(26)36-4)33-12-14-34(15-13-33)27(35)21-8-10-22(11-9-21)31-28-29-19(2)17-20(3)30-28/h5-11,16-17H,12-15H2,1-4H3,(H,29,30,31). The van der Waals surface area contributed by atoms with E-state index < -0.39 is 0 Å². The number of para-hydroxylation sites is 1. The van der Waals surface area contributed by atoms with E-state index in [1.54, 1.807) is 7.11 Å². The predicted octanol–water partition coefficient (Wildman–Crippen LogP) is 4.66. The van der Waals surface area contributed by atoms with Crippen LogP contribution in [0.5, 0.6) is 5.75 Å². The third kappa shape index (κ3) is 4.79. The first-order valence-corrected chi connectivity index (χ1v) is 12.1. The summed E-state index contributed by atoms with van der Waals surface area (Å²) >= 11 is 0. The van der Waals surface area contributed by atoms with Gasteiger partial charge in [-0.25, -0.2) is 15.0 Å². The van der Waals surface area contributed by atoms with Gasteiger partial charge in [-0.15, -0.1) is 0 Å². The van der Waals surface area contributed by atoms with Crippen molar-refractivity contribution < 1.29 is 9.53 Å². The van der Waals surface area contributed by atoms with Gasteiger partial charge in [-0.05, 0) is 68.8 Å². The van der Waals surface area contributed by atoms with E-state index in [9.17, 15) is 4.79 Å². The largest absolute Gasteiger partial charge is 0.494 e. The summed E-state index contributed by atoms with van der Waals surface area (Å²) in [6, 6.07) is 17.5. The van der Waals surface area contributed by atoms with Crippen LogP contribution in [-0.2, 0) is 0 Å². The summed E-state index contributed by atoms with van der Waals surface area (Å²) in [7, 11) is 1.67. The third-order valence-electron chi connectivity index (χ3n) is 6.48. The molecule has 2 aromatic carbocycles. The lowest BCUT2D eigenvalue weighted by molar-refractivity contribution is 0.0746. The van der Waals surface area contributed by atoms with E-state index in [4.69, 9.17) is 9.72 Å². The molecule has 0 atom stereocenters. The first-order valence-electron chi connectivity index (χ1n) is 12.1. The summed E-state index contributed by atoms with van der Waals surface area (Å²) in [4.78, 5) is 31.0. The highest BCUT2D eigenvalue weighted by Gasteiger charge is 2.23. The molecule has 0 spiro atoms. The normalized spacial score (nSPS) is 13.7. The van der Waals surface area contributed by atoms with Gasteiger partial charge in [-0.2, -0.15) is 0 Å². The minimum atomic E-state index is 0.0353. The maximum atomic E-state index is 13.1. The molecule has 0 bridgehead atoms. The number of ether oxygens (including phenoxy) is 1. The van der Waals surface area contributed by atoms with Crippen LogP contribution in [0.15, 0.2) is 54.6 Å². The van der Waals surface area contributed by atoms with E-state index in [2.05, 4.69) is 39.2 Å². The summed E-state index contributed by atoms with van der Waals surface area (Å²) in [6.07, 6.45) is 0. The molecule has 0 unspecified atom stereocenters. The van der Waals surface area contributed by atoms with Crippen molar-refractivity contribution in [1.82, 2.24) is 19.9 Å². The highest BCUT2D eigenvalue weighted by atomic mass is 16.5. The van der Waals surface area contributed by atoms with Crippen LogP contribution in [0.1, 0.15) is 27.3 Å². The van der Waals surface area contributed by atoms with Crippen LogP contribution < -0.4 is 15.0 Å². The van der Waals surface area contributed by atoms with Crippen LogP contribution in [0, 0.1) is 20.8 Å². The molecule has 1 amide bonds. The summed E-state index contributed by atoms with van der Waals surface area (Å²) < 4.78 is 5.53. The van der Waals surface area contributed by atoms with Gasteiger partial charge in [0.05, 0.1) is 7.11 Å². The van der Waals surface area contributed by atoms with Gasteiger partial charge in [-0.1, -0.05) is 12.1 Å². The van der Waals surface area contributed by atoms with Crippen molar-refractivity contribution in [2.45, 2.75) is 20.8 Å². The predicted molar refractivity (Wildman–Crippen MR) is 142 cm³/mol. The molecule has 8 nitrogen and oxygen atoms in total.